The summed E-state index contributed by atoms with van der Waals surface area (Å²) in [6.07, 6.45) is 7.24. The molecule has 0 aromatic heterocycles. The molecule has 1 aromatic rings. The highest BCUT2D eigenvalue weighted by Crippen LogP contribution is 2.74. The molecule has 7 rings (SSSR count). The zero-order chi connectivity index (χ0) is 25.8. The number of allylic oxidation sites excluding steroid dienone is 2. The van der Waals surface area contributed by atoms with Gasteiger partial charge in [0.25, 0.3) is 0 Å². The quantitative estimate of drug-likeness (QED) is 0.436. The van der Waals surface area contributed by atoms with Crippen LogP contribution in [-0.2, 0) is 14.4 Å². The van der Waals surface area contributed by atoms with Crippen LogP contribution in [0.25, 0.3) is 0 Å². The molecule has 1 aromatic carbocycles. The molecule has 8 atom stereocenters. The van der Waals surface area contributed by atoms with Crippen LogP contribution in [0, 0.1) is 51.8 Å². The van der Waals surface area contributed by atoms with Gasteiger partial charge in [0, 0.05) is 5.41 Å². The number of aromatic hydroxyl groups is 1. The maximum Gasteiger partial charge on any atom is 0.309 e. The first-order valence-electron chi connectivity index (χ1n) is 13.6. The summed E-state index contributed by atoms with van der Waals surface area (Å²) in [4.78, 5) is 41.9. The minimum atomic E-state index is -0.757. The van der Waals surface area contributed by atoms with Crippen molar-refractivity contribution < 1.29 is 24.6 Å². The topological polar surface area (TPSA) is 94.9 Å². The number of carboxylic acid groups (broad SMARTS) is 1. The van der Waals surface area contributed by atoms with Crippen LogP contribution in [0.5, 0.6) is 5.75 Å². The standard InChI is InChI=1S/C30H37NO5/c1-16(2)18-15-30-13-10-21-28(3,11-7-12-29(21,4)27(35)36)22(30)14-17(18)23-24(30)26(34)31(25(23)33)19-8-5-6-9-20(19)32/h5-6,8-9,15-17,21-24,32H,7,10-14H2,1-4H3,(H,35,36)/t17-,21+,22+,23-,24-,28+,29-,30+/m1/s1. The van der Waals surface area contributed by atoms with Crippen molar-refractivity contribution in [1.29, 1.82) is 0 Å². The van der Waals surface area contributed by atoms with E-state index in [1.807, 2.05) is 6.92 Å². The lowest BCUT2D eigenvalue weighted by Crippen LogP contribution is -2.65. The SMILES string of the molecule is CC(C)C1=C[C@@]23CC[C@H]4[C@](C)(CCC[C@@]4(C)C(=O)O)[C@@H]2C[C@H]1[C@H]1C(=O)N(c2ccccc2O)C(=O)[C@@H]13. The molecule has 6 heteroatoms. The number of carbonyl (C=O) groups excluding carboxylic acids is 2. The number of carboxylic acids is 1. The van der Waals surface area contributed by atoms with Crippen LogP contribution in [0.15, 0.2) is 35.9 Å². The van der Waals surface area contributed by atoms with Crippen LogP contribution >= 0.6 is 0 Å². The lowest BCUT2D eigenvalue weighted by molar-refractivity contribution is -0.194. The minimum absolute atomic E-state index is 0.0252. The van der Waals surface area contributed by atoms with Gasteiger partial charge in [0.2, 0.25) is 11.8 Å². The third-order valence-electron chi connectivity index (χ3n) is 11.3. The molecule has 6 aliphatic rings. The molecule has 5 aliphatic carbocycles. The Morgan fingerprint density at radius 3 is 2.44 bits per heavy atom. The number of para-hydroxylation sites is 2. The van der Waals surface area contributed by atoms with E-state index < -0.39 is 28.6 Å². The third-order valence-corrected chi connectivity index (χ3v) is 11.3. The Balaban J connectivity index is 1.50. The molecule has 0 radical (unpaired) electrons. The van der Waals surface area contributed by atoms with E-state index in [0.717, 1.165) is 32.1 Å². The van der Waals surface area contributed by atoms with E-state index in [4.69, 9.17) is 0 Å². The van der Waals surface area contributed by atoms with Gasteiger partial charge in [-0.2, -0.15) is 0 Å². The summed E-state index contributed by atoms with van der Waals surface area (Å²) in [7, 11) is 0. The second kappa shape index (κ2) is 7.45. The monoisotopic (exact) mass is 491 g/mol. The molecule has 2 bridgehead atoms. The number of anilines is 1. The van der Waals surface area contributed by atoms with Gasteiger partial charge in [-0.15, -0.1) is 0 Å². The fourth-order valence-corrected chi connectivity index (χ4v) is 9.85. The second-order valence-electron chi connectivity index (χ2n) is 13.0. The number of nitrogens with zero attached hydrogens (tertiary/aromatic N) is 1. The summed E-state index contributed by atoms with van der Waals surface area (Å²) < 4.78 is 0. The summed E-state index contributed by atoms with van der Waals surface area (Å²) in [5, 5.41) is 20.8. The van der Waals surface area contributed by atoms with E-state index in [2.05, 4.69) is 26.8 Å². The fourth-order valence-electron chi connectivity index (χ4n) is 9.85. The Kier molecular flexibility index (Phi) is 4.92. The van der Waals surface area contributed by atoms with Gasteiger partial charge < -0.3 is 10.2 Å². The number of hydrogen-bond acceptors (Lipinski definition) is 4. The Hall–Kier alpha value is -2.63. The van der Waals surface area contributed by atoms with E-state index in [9.17, 15) is 24.6 Å². The van der Waals surface area contributed by atoms with E-state index >= 15 is 0 Å². The molecular formula is C30H37NO5. The van der Waals surface area contributed by atoms with Gasteiger partial charge in [0.15, 0.2) is 0 Å². The van der Waals surface area contributed by atoms with Gasteiger partial charge in [0.1, 0.15) is 5.75 Å². The maximum absolute atomic E-state index is 14.2. The van der Waals surface area contributed by atoms with Crippen molar-refractivity contribution in [3.63, 3.8) is 0 Å². The normalized spacial score (nSPS) is 43.2. The maximum atomic E-state index is 14.2. The van der Waals surface area contributed by atoms with Crippen molar-refractivity contribution in [2.75, 3.05) is 4.90 Å². The van der Waals surface area contributed by atoms with Crippen molar-refractivity contribution in [1.82, 2.24) is 0 Å². The Morgan fingerprint density at radius 2 is 1.78 bits per heavy atom. The number of hydrogen-bond donors (Lipinski definition) is 2. The number of amides is 2. The molecule has 6 nitrogen and oxygen atoms in total. The molecule has 3 saturated carbocycles. The van der Waals surface area contributed by atoms with Gasteiger partial charge in [-0.3, -0.25) is 14.4 Å². The molecule has 1 heterocycles. The number of imide groups is 1. The molecule has 192 valence electrons. The summed E-state index contributed by atoms with van der Waals surface area (Å²) in [5.41, 5.74) is 0.153. The number of fused-ring (bicyclic) bond motifs is 1. The Bertz CT molecular complexity index is 1200. The van der Waals surface area contributed by atoms with Crippen LogP contribution in [0.2, 0.25) is 0 Å². The van der Waals surface area contributed by atoms with Crippen LogP contribution in [0.4, 0.5) is 5.69 Å². The first-order valence-corrected chi connectivity index (χ1v) is 13.6. The molecule has 1 spiro atoms. The average molecular weight is 492 g/mol. The second-order valence-corrected chi connectivity index (χ2v) is 13.0. The molecule has 1 aliphatic heterocycles. The number of benzene rings is 1. The molecular weight excluding hydrogens is 454 g/mol. The highest BCUT2D eigenvalue weighted by atomic mass is 16.4. The van der Waals surface area contributed by atoms with Crippen molar-refractivity contribution in [3.05, 3.63) is 35.9 Å². The molecule has 2 N–H and O–H groups in total. The third kappa shape index (κ3) is 2.71. The number of phenols is 1. The molecule has 1 saturated heterocycles. The summed E-state index contributed by atoms with van der Waals surface area (Å²) in [5.74, 6) is -1.54. The van der Waals surface area contributed by atoms with Crippen molar-refractivity contribution in [3.8, 4) is 5.75 Å². The average Bonchev–Trinajstić information content (AvgIpc) is 3.10. The first-order chi connectivity index (χ1) is 17.0. The minimum Gasteiger partial charge on any atom is -0.506 e. The van der Waals surface area contributed by atoms with Crippen LogP contribution in [0.1, 0.15) is 66.2 Å². The molecule has 36 heavy (non-hydrogen) atoms. The van der Waals surface area contributed by atoms with Gasteiger partial charge in [0.05, 0.1) is 22.9 Å². The number of rotatable bonds is 3. The highest BCUT2D eigenvalue weighted by molar-refractivity contribution is 6.23. The van der Waals surface area contributed by atoms with Gasteiger partial charge in [-0.1, -0.05) is 51.0 Å². The van der Waals surface area contributed by atoms with Gasteiger partial charge in [-0.05, 0) is 80.2 Å². The number of phenolic OH excluding ortho intramolecular Hbond substituents is 1. The van der Waals surface area contributed by atoms with E-state index in [1.54, 1.807) is 18.2 Å². The van der Waals surface area contributed by atoms with Crippen LogP contribution in [0.3, 0.4) is 0 Å². The molecule has 4 fully saturated rings. The predicted molar refractivity (Wildman–Crippen MR) is 135 cm³/mol. The van der Waals surface area contributed by atoms with Crippen molar-refractivity contribution >= 4 is 23.5 Å². The Morgan fingerprint density at radius 1 is 1.06 bits per heavy atom. The lowest BCUT2D eigenvalue weighted by atomic mass is 9.34. The summed E-state index contributed by atoms with van der Waals surface area (Å²) in [6.45, 7) is 8.55. The van der Waals surface area contributed by atoms with Crippen molar-refractivity contribution in [2.45, 2.75) is 66.2 Å². The number of carbonyl (C=O) groups is 3. The Labute approximate surface area is 212 Å². The van der Waals surface area contributed by atoms with Crippen molar-refractivity contribution in [2.24, 2.45) is 51.8 Å². The predicted octanol–water partition coefficient (Wildman–Crippen LogP) is 5.41. The number of aliphatic carboxylic acids is 1. The zero-order valence-corrected chi connectivity index (χ0v) is 21.7. The molecule has 2 amide bonds. The molecule has 0 unspecified atom stereocenters. The van der Waals surface area contributed by atoms with Crippen LogP contribution < -0.4 is 4.90 Å². The summed E-state index contributed by atoms with van der Waals surface area (Å²) in [6, 6.07) is 6.60. The first kappa shape index (κ1) is 23.7. The fraction of sp³-hybridized carbons (Fsp3) is 0.633. The highest BCUT2D eigenvalue weighted by Gasteiger charge is 2.73. The van der Waals surface area contributed by atoms with Gasteiger partial charge in [-0.25, -0.2) is 4.90 Å². The summed E-state index contributed by atoms with van der Waals surface area (Å²) >= 11 is 0. The lowest BCUT2D eigenvalue weighted by Gasteiger charge is -2.68. The zero-order valence-electron chi connectivity index (χ0n) is 21.7. The van der Waals surface area contributed by atoms with Gasteiger partial charge >= 0.3 is 5.97 Å². The van der Waals surface area contributed by atoms with Crippen LogP contribution in [-0.4, -0.2) is 28.0 Å². The van der Waals surface area contributed by atoms with E-state index in [0.29, 0.717) is 6.42 Å². The van der Waals surface area contributed by atoms with E-state index in [1.165, 1.54) is 16.5 Å². The van der Waals surface area contributed by atoms with E-state index in [-0.39, 0.29) is 52.3 Å². The smallest absolute Gasteiger partial charge is 0.309 e. The largest absolute Gasteiger partial charge is 0.506 e.